The summed E-state index contributed by atoms with van der Waals surface area (Å²) in [6, 6.07) is 9.72. The molecule has 0 bridgehead atoms. The fourth-order valence-electron chi connectivity index (χ4n) is 2.37. The zero-order chi connectivity index (χ0) is 17.8. The second-order valence-corrected chi connectivity index (χ2v) is 6.35. The molecule has 1 aliphatic heterocycles. The third-order valence-electron chi connectivity index (χ3n) is 3.66. The monoisotopic (exact) mass is 353 g/mol. The minimum Gasteiger partial charge on any atom is -0.283 e. The Morgan fingerprint density at radius 1 is 1.36 bits per heavy atom. The summed E-state index contributed by atoms with van der Waals surface area (Å²) >= 11 is 1.31. The van der Waals surface area contributed by atoms with Crippen LogP contribution in [0.4, 0.5) is 10.1 Å². The van der Waals surface area contributed by atoms with E-state index in [9.17, 15) is 9.18 Å². The Hall–Kier alpha value is -2.73. The van der Waals surface area contributed by atoms with Crippen molar-refractivity contribution in [1.29, 1.82) is 0 Å². The molecule has 3 rings (SSSR count). The van der Waals surface area contributed by atoms with Crippen LogP contribution in [0.1, 0.15) is 12.5 Å². The molecule has 6 heteroatoms. The minimum absolute atomic E-state index is 0.130. The molecule has 0 atom stereocenters. The van der Waals surface area contributed by atoms with Gasteiger partial charge in [0.1, 0.15) is 5.82 Å². The lowest BCUT2D eigenvalue weighted by Crippen LogP contribution is -2.29. The number of aliphatic imine (C=N–C) groups is 1. The number of amides is 1. The van der Waals surface area contributed by atoms with Crippen LogP contribution in [-0.4, -0.2) is 27.5 Å². The van der Waals surface area contributed by atoms with Gasteiger partial charge in [0.05, 0.1) is 16.8 Å². The number of hydrogen-bond donors (Lipinski definition) is 0. The highest BCUT2D eigenvalue weighted by molar-refractivity contribution is 8.18. The first-order valence-corrected chi connectivity index (χ1v) is 8.48. The maximum absolute atomic E-state index is 13.1. The zero-order valence-corrected chi connectivity index (χ0v) is 14.5. The number of benzene rings is 1. The van der Waals surface area contributed by atoms with Gasteiger partial charge in [-0.3, -0.25) is 14.7 Å². The number of carbonyl (C=O) groups is 1. The number of pyridine rings is 1. The molecule has 0 unspecified atom stereocenters. The summed E-state index contributed by atoms with van der Waals surface area (Å²) < 4.78 is 13.1. The van der Waals surface area contributed by atoms with Crippen molar-refractivity contribution in [3.8, 4) is 0 Å². The number of hydrogen-bond acceptors (Lipinski definition) is 4. The summed E-state index contributed by atoms with van der Waals surface area (Å²) in [7, 11) is 0. The van der Waals surface area contributed by atoms with Crippen molar-refractivity contribution in [2.45, 2.75) is 6.92 Å². The number of thioether (sulfide) groups is 1. The number of amidine groups is 1. The van der Waals surface area contributed by atoms with Crippen LogP contribution in [-0.2, 0) is 4.79 Å². The Balaban J connectivity index is 2.01. The first-order valence-electron chi connectivity index (χ1n) is 7.66. The Morgan fingerprint density at radius 3 is 2.76 bits per heavy atom. The van der Waals surface area contributed by atoms with Crippen LogP contribution < -0.4 is 0 Å². The van der Waals surface area contributed by atoms with Gasteiger partial charge in [-0.25, -0.2) is 9.38 Å². The number of halogens is 1. The average Bonchev–Trinajstić information content (AvgIpc) is 2.92. The topological polar surface area (TPSA) is 45.6 Å². The van der Waals surface area contributed by atoms with Gasteiger partial charge in [-0.1, -0.05) is 18.2 Å². The fourth-order valence-corrected chi connectivity index (χ4v) is 3.44. The average molecular weight is 353 g/mol. The molecule has 4 nitrogen and oxygen atoms in total. The molecule has 0 spiro atoms. The maximum atomic E-state index is 13.1. The van der Waals surface area contributed by atoms with Crippen molar-refractivity contribution < 1.29 is 9.18 Å². The van der Waals surface area contributed by atoms with Crippen molar-refractivity contribution in [1.82, 2.24) is 9.88 Å². The molecule has 2 aromatic rings. The molecule has 1 amide bonds. The summed E-state index contributed by atoms with van der Waals surface area (Å²) in [5, 5.41) is 0.578. The SMILES string of the molecule is C=CCN1C(=O)/C(=C(\C)c2ccc(F)cc2)SC1=Nc1cccnc1. The van der Waals surface area contributed by atoms with Crippen molar-refractivity contribution >= 4 is 34.1 Å². The second-order valence-electron chi connectivity index (χ2n) is 5.37. The smallest absolute Gasteiger partial charge is 0.267 e. The molecule has 0 aliphatic carbocycles. The Kier molecular flexibility index (Phi) is 5.09. The van der Waals surface area contributed by atoms with Gasteiger partial charge >= 0.3 is 0 Å². The van der Waals surface area contributed by atoms with E-state index in [2.05, 4.69) is 16.6 Å². The molecule has 25 heavy (non-hydrogen) atoms. The highest BCUT2D eigenvalue weighted by atomic mass is 32.2. The molecular formula is C19H16FN3OS. The van der Waals surface area contributed by atoms with E-state index >= 15 is 0 Å². The molecule has 0 saturated carbocycles. The van der Waals surface area contributed by atoms with E-state index in [0.717, 1.165) is 11.1 Å². The molecule has 0 radical (unpaired) electrons. The largest absolute Gasteiger partial charge is 0.283 e. The fraction of sp³-hybridized carbons (Fsp3) is 0.105. The standard InChI is InChI=1S/C19H16FN3OS/c1-3-11-23-18(24)17(13(2)14-6-8-15(20)9-7-14)25-19(23)22-16-5-4-10-21-12-16/h3-10,12H,1,11H2,2H3/b17-13-,22-19?. The van der Waals surface area contributed by atoms with Gasteiger partial charge in [-0.2, -0.15) is 0 Å². The second kappa shape index (κ2) is 7.44. The summed E-state index contributed by atoms with van der Waals surface area (Å²) in [4.78, 5) is 23.5. The van der Waals surface area contributed by atoms with E-state index in [1.165, 1.54) is 23.9 Å². The molecule has 1 saturated heterocycles. The summed E-state index contributed by atoms with van der Waals surface area (Å²) in [6.45, 7) is 5.93. The van der Waals surface area contributed by atoms with Crippen LogP contribution in [0.5, 0.6) is 0 Å². The van der Waals surface area contributed by atoms with E-state index in [0.29, 0.717) is 22.3 Å². The quantitative estimate of drug-likeness (QED) is 0.604. The Morgan fingerprint density at radius 2 is 2.12 bits per heavy atom. The van der Waals surface area contributed by atoms with E-state index in [4.69, 9.17) is 0 Å². The maximum Gasteiger partial charge on any atom is 0.267 e. The van der Waals surface area contributed by atoms with E-state index in [-0.39, 0.29) is 11.7 Å². The van der Waals surface area contributed by atoms with Crippen LogP contribution >= 0.6 is 11.8 Å². The van der Waals surface area contributed by atoms with Gasteiger partial charge < -0.3 is 0 Å². The highest BCUT2D eigenvalue weighted by Gasteiger charge is 2.34. The molecule has 2 heterocycles. The molecule has 1 aromatic carbocycles. The van der Waals surface area contributed by atoms with E-state index in [1.54, 1.807) is 41.6 Å². The highest BCUT2D eigenvalue weighted by Crippen LogP contribution is 2.37. The predicted octanol–water partition coefficient (Wildman–Crippen LogP) is 4.40. The first kappa shape index (κ1) is 17.1. The third kappa shape index (κ3) is 3.69. The van der Waals surface area contributed by atoms with Crippen LogP contribution in [0.3, 0.4) is 0 Å². The zero-order valence-electron chi connectivity index (χ0n) is 13.6. The molecule has 1 aromatic heterocycles. The Bertz CT molecular complexity index is 860. The van der Waals surface area contributed by atoms with Crippen molar-refractivity contribution in [3.63, 3.8) is 0 Å². The van der Waals surface area contributed by atoms with Gasteiger partial charge in [0.25, 0.3) is 5.91 Å². The van der Waals surface area contributed by atoms with Crippen molar-refractivity contribution in [2.75, 3.05) is 6.54 Å². The number of carbonyl (C=O) groups excluding carboxylic acids is 1. The van der Waals surface area contributed by atoms with Crippen LogP contribution in [0.25, 0.3) is 5.57 Å². The molecule has 126 valence electrons. The lowest BCUT2D eigenvalue weighted by molar-refractivity contribution is -0.121. The number of aromatic nitrogens is 1. The summed E-state index contributed by atoms with van der Waals surface area (Å²) in [5.74, 6) is -0.437. The van der Waals surface area contributed by atoms with E-state index < -0.39 is 0 Å². The normalized spacial score (nSPS) is 17.9. The minimum atomic E-state index is -0.306. The number of allylic oxidation sites excluding steroid dienone is 1. The lowest BCUT2D eigenvalue weighted by Gasteiger charge is -2.12. The van der Waals surface area contributed by atoms with Gasteiger partial charge in [-0.15, -0.1) is 6.58 Å². The molecular weight excluding hydrogens is 337 g/mol. The molecule has 1 aliphatic rings. The number of nitrogens with zero attached hydrogens (tertiary/aromatic N) is 3. The van der Waals surface area contributed by atoms with Gasteiger partial charge in [0, 0.05) is 12.7 Å². The van der Waals surface area contributed by atoms with E-state index in [1.807, 2.05) is 13.0 Å². The van der Waals surface area contributed by atoms with Crippen LogP contribution in [0, 0.1) is 5.82 Å². The van der Waals surface area contributed by atoms with Gasteiger partial charge in [0.15, 0.2) is 5.17 Å². The Labute approximate surface area is 149 Å². The van der Waals surface area contributed by atoms with Crippen molar-refractivity contribution in [3.05, 3.63) is 77.7 Å². The molecule has 0 N–H and O–H groups in total. The number of rotatable bonds is 4. The van der Waals surface area contributed by atoms with Gasteiger partial charge in [-0.05, 0) is 54.1 Å². The van der Waals surface area contributed by atoms with Crippen molar-refractivity contribution in [2.24, 2.45) is 4.99 Å². The van der Waals surface area contributed by atoms with Crippen LogP contribution in [0.2, 0.25) is 0 Å². The predicted molar refractivity (Wildman–Crippen MR) is 99.8 cm³/mol. The van der Waals surface area contributed by atoms with Crippen LogP contribution in [0.15, 0.2) is 71.3 Å². The first-order chi connectivity index (χ1) is 12.1. The summed E-state index contributed by atoms with van der Waals surface area (Å²) in [5.41, 5.74) is 2.27. The lowest BCUT2D eigenvalue weighted by atomic mass is 10.1. The third-order valence-corrected chi connectivity index (χ3v) is 4.84. The molecule has 1 fully saturated rings. The summed E-state index contributed by atoms with van der Waals surface area (Å²) in [6.07, 6.45) is 4.97. The van der Waals surface area contributed by atoms with Gasteiger partial charge in [0.2, 0.25) is 0 Å².